The number of hydrogen-bond acceptors (Lipinski definition) is 5. The maximum atomic E-state index is 9.00. The van der Waals surface area contributed by atoms with Crippen LogP contribution in [0, 0.1) is 0 Å². The summed E-state index contributed by atoms with van der Waals surface area (Å²) in [5, 5.41) is 16.2. The Morgan fingerprint density at radius 3 is 1.79 bits per heavy atom. The fourth-order valence-electron chi connectivity index (χ4n) is 0.708. The third-order valence-electron chi connectivity index (χ3n) is 1.18. The van der Waals surface area contributed by atoms with Crippen LogP contribution in [0.5, 0.6) is 0 Å². The number of methoxy groups -OCH3 is 2. The number of aliphatic carboxylic acids is 1. The summed E-state index contributed by atoms with van der Waals surface area (Å²) in [5.41, 5.74) is 4.87. The van der Waals surface area contributed by atoms with Crippen molar-refractivity contribution in [3.63, 3.8) is 0 Å². The normalized spacial score (nSPS) is 10.4. The van der Waals surface area contributed by atoms with Crippen molar-refractivity contribution in [1.82, 2.24) is 0 Å². The zero-order chi connectivity index (χ0) is 11.6. The molecule has 86 valence electrons. The molecule has 0 rings (SSSR count). The summed E-state index contributed by atoms with van der Waals surface area (Å²) in [4.78, 5) is 9.00. The van der Waals surface area contributed by atoms with Crippen molar-refractivity contribution in [3.05, 3.63) is 0 Å². The summed E-state index contributed by atoms with van der Waals surface area (Å²) in [5.74, 6) is -0.833. The van der Waals surface area contributed by atoms with E-state index in [9.17, 15) is 0 Å². The lowest BCUT2D eigenvalue weighted by atomic mass is 10.1. The third kappa shape index (κ3) is 11.3. The van der Waals surface area contributed by atoms with Gasteiger partial charge in [-0.1, -0.05) is 0 Å². The van der Waals surface area contributed by atoms with Crippen LogP contribution in [-0.2, 0) is 14.3 Å². The minimum Gasteiger partial charge on any atom is -0.481 e. The Morgan fingerprint density at radius 1 is 1.36 bits per heavy atom. The van der Waals surface area contributed by atoms with Crippen LogP contribution < -0.4 is 5.73 Å². The summed E-state index contributed by atoms with van der Waals surface area (Å²) in [6.07, 6.45) is 0. The van der Waals surface area contributed by atoms with Crippen molar-refractivity contribution in [3.8, 4) is 0 Å². The van der Waals surface area contributed by atoms with Crippen molar-refractivity contribution in [1.29, 1.82) is 0 Å². The number of carboxylic acids is 1. The van der Waals surface area contributed by atoms with Crippen LogP contribution in [0.3, 0.4) is 0 Å². The minimum absolute atomic E-state index is 0.130. The minimum atomic E-state index is -0.833. The van der Waals surface area contributed by atoms with Crippen molar-refractivity contribution in [2.75, 3.05) is 34.0 Å². The van der Waals surface area contributed by atoms with E-state index < -0.39 is 11.5 Å². The van der Waals surface area contributed by atoms with Crippen LogP contribution in [0.1, 0.15) is 6.92 Å². The van der Waals surface area contributed by atoms with E-state index in [1.54, 1.807) is 0 Å². The summed E-state index contributed by atoms with van der Waals surface area (Å²) in [7, 11) is 3.07. The van der Waals surface area contributed by atoms with Crippen molar-refractivity contribution in [2.24, 2.45) is 5.73 Å². The van der Waals surface area contributed by atoms with Gasteiger partial charge in [-0.25, -0.2) is 0 Å². The molecular weight excluding hydrogens is 190 g/mol. The number of aliphatic hydroxyl groups is 1. The van der Waals surface area contributed by atoms with E-state index in [0.29, 0.717) is 13.2 Å². The number of carboxylic acid groups (broad SMARTS) is 1. The summed E-state index contributed by atoms with van der Waals surface area (Å²) >= 11 is 0. The topological polar surface area (TPSA) is 102 Å². The lowest BCUT2D eigenvalue weighted by molar-refractivity contribution is -0.134. The van der Waals surface area contributed by atoms with E-state index in [4.69, 9.17) is 30.2 Å². The third-order valence-corrected chi connectivity index (χ3v) is 1.18. The number of ether oxygens (including phenoxy) is 2. The fourth-order valence-corrected chi connectivity index (χ4v) is 0.708. The SMILES string of the molecule is CC(=O)O.COCC(N)(CO)COC. The summed E-state index contributed by atoms with van der Waals surface area (Å²) < 4.78 is 9.57. The van der Waals surface area contributed by atoms with Gasteiger partial charge in [-0.15, -0.1) is 0 Å². The summed E-state index contributed by atoms with van der Waals surface area (Å²) in [6.45, 7) is 1.56. The zero-order valence-corrected chi connectivity index (χ0v) is 8.82. The van der Waals surface area contributed by atoms with Crippen LogP contribution in [-0.4, -0.2) is 55.8 Å². The van der Waals surface area contributed by atoms with Crippen LogP contribution in [0.25, 0.3) is 0 Å². The molecule has 0 heterocycles. The van der Waals surface area contributed by atoms with Gasteiger partial charge in [0.2, 0.25) is 0 Å². The predicted octanol–water partition coefficient (Wildman–Crippen LogP) is -0.940. The smallest absolute Gasteiger partial charge is 0.300 e. The summed E-state index contributed by atoms with van der Waals surface area (Å²) in [6, 6.07) is 0. The molecule has 0 atom stereocenters. The second kappa shape index (κ2) is 8.89. The van der Waals surface area contributed by atoms with E-state index in [0.717, 1.165) is 6.92 Å². The molecule has 0 aromatic heterocycles. The Hall–Kier alpha value is -0.690. The van der Waals surface area contributed by atoms with E-state index >= 15 is 0 Å². The van der Waals surface area contributed by atoms with Crippen LogP contribution >= 0.6 is 0 Å². The average molecular weight is 209 g/mol. The highest BCUT2D eigenvalue weighted by Crippen LogP contribution is 1.99. The van der Waals surface area contributed by atoms with Gasteiger partial charge in [0, 0.05) is 21.1 Å². The van der Waals surface area contributed by atoms with Gasteiger partial charge in [0.1, 0.15) is 0 Å². The molecule has 0 saturated heterocycles. The van der Waals surface area contributed by atoms with E-state index in [2.05, 4.69) is 0 Å². The highest BCUT2D eigenvalue weighted by molar-refractivity contribution is 5.62. The number of aliphatic hydroxyl groups excluding tert-OH is 1. The Bertz CT molecular complexity index is 141. The molecule has 6 nitrogen and oxygen atoms in total. The molecule has 0 radical (unpaired) electrons. The molecule has 0 aliphatic rings. The van der Waals surface area contributed by atoms with Gasteiger partial charge in [0.05, 0.1) is 25.4 Å². The molecule has 0 spiro atoms. The molecule has 0 amide bonds. The lowest BCUT2D eigenvalue weighted by Gasteiger charge is -2.24. The second-order valence-corrected chi connectivity index (χ2v) is 2.91. The second-order valence-electron chi connectivity index (χ2n) is 2.91. The number of nitrogens with two attached hydrogens (primary N) is 1. The lowest BCUT2D eigenvalue weighted by Crippen LogP contribution is -2.51. The van der Waals surface area contributed by atoms with Crippen LogP contribution in [0.15, 0.2) is 0 Å². The van der Waals surface area contributed by atoms with Crippen molar-refractivity contribution >= 4 is 5.97 Å². The molecule has 6 heteroatoms. The van der Waals surface area contributed by atoms with Gasteiger partial charge in [-0.05, 0) is 0 Å². The maximum Gasteiger partial charge on any atom is 0.300 e. The van der Waals surface area contributed by atoms with Crippen LogP contribution in [0.4, 0.5) is 0 Å². The average Bonchev–Trinajstić information content (AvgIpc) is 2.04. The molecule has 0 aliphatic carbocycles. The van der Waals surface area contributed by atoms with Crippen molar-refractivity contribution < 1.29 is 24.5 Å². The first-order valence-electron chi connectivity index (χ1n) is 3.99. The fraction of sp³-hybridized carbons (Fsp3) is 0.875. The first-order chi connectivity index (χ1) is 6.41. The van der Waals surface area contributed by atoms with Gasteiger partial charge in [0.25, 0.3) is 5.97 Å². The number of hydrogen-bond donors (Lipinski definition) is 3. The standard InChI is InChI=1S/C6H15NO3.C2H4O2/c1-9-4-6(7,3-8)5-10-2;1-2(3)4/h8H,3-5,7H2,1-2H3;1H3,(H,3,4). The van der Waals surface area contributed by atoms with Gasteiger partial charge in [0.15, 0.2) is 0 Å². The van der Waals surface area contributed by atoms with Gasteiger partial charge in [-0.2, -0.15) is 0 Å². The highest BCUT2D eigenvalue weighted by Gasteiger charge is 2.23. The Labute approximate surface area is 83.6 Å². The van der Waals surface area contributed by atoms with E-state index in [1.165, 1.54) is 14.2 Å². The molecule has 0 bridgehead atoms. The Kier molecular flexibility index (Phi) is 10.0. The zero-order valence-electron chi connectivity index (χ0n) is 8.82. The molecule has 0 aliphatic heterocycles. The molecule has 0 saturated carbocycles. The molecular formula is C8H19NO5. The highest BCUT2D eigenvalue weighted by atomic mass is 16.5. The van der Waals surface area contributed by atoms with E-state index in [1.807, 2.05) is 0 Å². The number of carbonyl (C=O) groups is 1. The predicted molar refractivity (Wildman–Crippen MR) is 51.1 cm³/mol. The van der Waals surface area contributed by atoms with Gasteiger partial charge in [-0.3, -0.25) is 4.79 Å². The van der Waals surface area contributed by atoms with Gasteiger partial charge < -0.3 is 25.4 Å². The quantitative estimate of drug-likeness (QED) is 0.540. The Morgan fingerprint density at radius 2 is 1.64 bits per heavy atom. The molecule has 14 heavy (non-hydrogen) atoms. The molecule has 4 N–H and O–H groups in total. The molecule has 0 aromatic carbocycles. The van der Waals surface area contributed by atoms with Crippen LogP contribution in [0.2, 0.25) is 0 Å². The first-order valence-corrected chi connectivity index (χ1v) is 3.99. The largest absolute Gasteiger partial charge is 0.481 e. The van der Waals surface area contributed by atoms with Crippen molar-refractivity contribution in [2.45, 2.75) is 12.5 Å². The molecule has 0 unspecified atom stereocenters. The first kappa shape index (κ1) is 15.8. The Balaban J connectivity index is 0. The molecule has 0 aromatic rings. The maximum absolute atomic E-state index is 9.00. The monoisotopic (exact) mass is 209 g/mol. The molecule has 0 fully saturated rings. The number of rotatable bonds is 5. The van der Waals surface area contributed by atoms with Gasteiger partial charge >= 0.3 is 0 Å². The van der Waals surface area contributed by atoms with E-state index in [-0.39, 0.29) is 6.61 Å².